The number of para-hydroxylation sites is 1. The fourth-order valence-corrected chi connectivity index (χ4v) is 4.46. The molecule has 0 atom stereocenters. The summed E-state index contributed by atoms with van der Waals surface area (Å²) in [5.41, 5.74) is 3.83. The summed E-state index contributed by atoms with van der Waals surface area (Å²) in [6.07, 6.45) is 3.45. The Kier molecular flexibility index (Phi) is 6.28. The van der Waals surface area contributed by atoms with Crippen molar-refractivity contribution < 1.29 is 14.3 Å². The van der Waals surface area contributed by atoms with Crippen LogP contribution in [0.5, 0.6) is 0 Å². The molecule has 32 heavy (non-hydrogen) atoms. The Hall–Kier alpha value is -3.58. The molecule has 0 bridgehead atoms. The van der Waals surface area contributed by atoms with E-state index in [1.165, 1.54) is 18.4 Å². The van der Waals surface area contributed by atoms with Gasteiger partial charge >= 0.3 is 5.97 Å². The van der Waals surface area contributed by atoms with Crippen LogP contribution in [0.3, 0.4) is 0 Å². The molecule has 0 saturated heterocycles. The summed E-state index contributed by atoms with van der Waals surface area (Å²) in [6, 6.07) is 16.4. The lowest BCUT2D eigenvalue weighted by Crippen LogP contribution is -2.30. The number of methoxy groups -OCH3 is 1. The van der Waals surface area contributed by atoms with Crippen molar-refractivity contribution >= 4 is 38.6 Å². The highest BCUT2D eigenvalue weighted by Crippen LogP contribution is 2.34. The summed E-state index contributed by atoms with van der Waals surface area (Å²) < 4.78 is 5.79. The first kappa shape index (κ1) is 21.6. The molecule has 4 rings (SSSR count). The summed E-state index contributed by atoms with van der Waals surface area (Å²) in [5.74, 6) is -0.319. The third-order valence-electron chi connectivity index (χ3n) is 5.15. The second kappa shape index (κ2) is 9.28. The van der Waals surface area contributed by atoms with Gasteiger partial charge in [-0.25, -0.2) is 9.78 Å². The third kappa shape index (κ3) is 4.38. The fraction of sp³-hybridized carbons (Fsp3) is 0.200. The molecule has 0 saturated carbocycles. The number of hydrogen-bond donors (Lipinski definition) is 0. The highest BCUT2D eigenvalue weighted by Gasteiger charge is 2.23. The van der Waals surface area contributed by atoms with E-state index in [0.717, 1.165) is 21.3 Å². The van der Waals surface area contributed by atoms with Gasteiger partial charge in [0, 0.05) is 18.0 Å². The number of hydrogen-bond acceptors (Lipinski definition) is 6. The van der Waals surface area contributed by atoms with Gasteiger partial charge < -0.3 is 4.74 Å². The third-order valence-corrected chi connectivity index (χ3v) is 6.20. The summed E-state index contributed by atoms with van der Waals surface area (Å²) in [6.45, 7) is 4.60. The van der Waals surface area contributed by atoms with Crippen LogP contribution >= 0.6 is 11.3 Å². The Labute approximate surface area is 190 Å². The number of amides is 1. The Bertz CT molecular complexity index is 1250. The van der Waals surface area contributed by atoms with Gasteiger partial charge in [0.2, 0.25) is 0 Å². The Morgan fingerprint density at radius 3 is 2.44 bits per heavy atom. The molecule has 2 aromatic heterocycles. The van der Waals surface area contributed by atoms with E-state index in [2.05, 4.69) is 24.9 Å². The molecule has 0 aliphatic heterocycles. The molecule has 4 aromatic rings. The van der Waals surface area contributed by atoms with Crippen molar-refractivity contribution in [3.63, 3.8) is 0 Å². The number of carbonyl (C=O) groups is 2. The van der Waals surface area contributed by atoms with E-state index in [1.54, 1.807) is 41.6 Å². The zero-order valence-corrected chi connectivity index (χ0v) is 18.9. The van der Waals surface area contributed by atoms with Crippen LogP contribution in [0.1, 0.15) is 51.6 Å². The van der Waals surface area contributed by atoms with E-state index >= 15 is 0 Å². The second-order valence-corrected chi connectivity index (χ2v) is 8.68. The molecular weight excluding hydrogens is 422 g/mol. The number of esters is 1. The molecule has 0 spiro atoms. The van der Waals surface area contributed by atoms with Crippen LogP contribution in [0.2, 0.25) is 0 Å². The van der Waals surface area contributed by atoms with Crippen LogP contribution in [0, 0.1) is 0 Å². The maximum Gasteiger partial charge on any atom is 0.337 e. The van der Waals surface area contributed by atoms with E-state index in [1.807, 2.05) is 24.3 Å². The molecule has 0 N–H and O–H groups in total. The number of benzene rings is 2. The number of nitrogens with zero attached hydrogens (tertiary/aromatic N) is 3. The molecule has 162 valence electrons. The molecule has 0 fully saturated rings. The first-order valence-corrected chi connectivity index (χ1v) is 11.1. The first-order chi connectivity index (χ1) is 15.5. The molecule has 0 aliphatic carbocycles. The normalized spacial score (nSPS) is 11.0. The SMILES string of the molecule is COC(=O)c1ccc(C(=O)N(Cc2cccnc2)c2nc3c(C(C)C)cccc3s2)cc1. The number of rotatable bonds is 6. The van der Waals surface area contributed by atoms with Gasteiger partial charge in [-0.3, -0.25) is 14.7 Å². The van der Waals surface area contributed by atoms with Gasteiger partial charge in [-0.15, -0.1) is 0 Å². The fourth-order valence-electron chi connectivity index (χ4n) is 3.46. The lowest BCUT2D eigenvalue weighted by atomic mass is 10.0. The Morgan fingerprint density at radius 1 is 1.03 bits per heavy atom. The predicted molar refractivity (Wildman–Crippen MR) is 126 cm³/mol. The first-order valence-electron chi connectivity index (χ1n) is 10.3. The number of thiazole rings is 1. The minimum absolute atomic E-state index is 0.199. The number of ether oxygens (including phenoxy) is 1. The smallest absolute Gasteiger partial charge is 0.337 e. The van der Waals surface area contributed by atoms with Crippen molar-refractivity contribution in [3.8, 4) is 0 Å². The Balaban J connectivity index is 1.75. The van der Waals surface area contributed by atoms with Crippen molar-refractivity contribution in [2.24, 2.45) is 0 Å². The van der Waals surface area contributed by atoms with Crippen molar-refractivity contribution in [2.45, 2.75) is 26.3 Å². The number of anilines is 1. The highest BCUT2D eigenvalue weighted by molar-refractivity contribution is 7.22. The standard InChI is InChI=1S/C25H23N3O3S/c1-16(2)20-7-4-8-21-22(20)27-25(32-21)28(15-17-6-5-13-26-14-17)23(29)18-9-11-19(12-10-18)24(30)31-3/h4-14,16H,15H2,1-3H3. The molecule has 0 aliphatic rings. The molecular formula is C25H23N3O3S. The van der Waals surface area contributed by atoms with Gasteiger partial charge in [0.15, 0.2) is 5.13 Å². The summed E-state index contributed by atoms with van der Waals surface area (Å²) in [4.78, 5) is 36.0. The molecule has 0 unspecified atom stereocenters. The predicted octanol–water partition coefficient (Wildman–Crippen LogP) is 5.45. The maximum absolute atomic E-state index is 13.6. The molecule has 2 aromatic carbocycles. The highest BCUT2D eigenvalue weighted by atomic mass is 32.1. The van der Waals surface area contributed by atoms with Crippen molar-refractivity contribution in [1.29, 1.82) is 0 Å². The van der Waals surface area contributed by atoms with Crippen LogP contribution in [-0.4, -0.2) is 29.0 Å². The number of pyridine rings is 1. The van der Waals surface area contributed by atoms with Crippen LogP contribution in [0.25, 0.3) is 10.2 Å². The van der Waals surface area contributed by atoms with Crippen LogP contribution in [-0.2, 0) is 11.3 Å². The molecule has 1 amide bonds. The van der Waals surface area contributed by atoms with E-state index in [9.17, 15) is 9.59 Å². The monoisotopic (exact) mass is 445 g/mol. The average molecular weight is 446 g/mol. The summed E-state index contributed by atoms with van der Waals surface area (Å²) in [5, 5.41) is 0.624. The van der Waals surface area contributed by atoms with Gasteiger partial charge in [-0.05, 0) is 53.4 Å². The number of aromatic nitrogens is 2. The van der Waals surface area contributed by atoms with Crippen molar-refractivity contribution in [2.75, 3.05) is 12.0 Å². The van der Waals surface area contributed by atoms with Gasteiger partial charge in [0.05, 0.1) is 29.4 Å². The molecule has 6 nitrogen and oxygen atoms in total. The molecule has 0 radical (unpaired) electrons. The quantitative estimate of drug-likeness (QED) is 0.369. The van der Waals surface area contributed by atoms with Crippen LogP contribution < -0.4 is 4.90 Å². The zero-order chi connectivity index (χ0) is 22.7. The van der Waals surface area contributed by atoms with Crippen molar-refractivity contribution in [1.82, 2.24) is 9.97 Å². The topological polar surface area (TPSA) is 72.4 Å². The minimum Gasteiger partial charge on any atom is -0.465 e. The number of carbonyl (C=O) groups excluding carboxylic acids is 2. The summed E-state index contributed by atoms with van der Waals surface area (Å²) in [7, 11) is 1.33. The number of fused-ring (bicyclic) bond motifs is 1. The van der Waals surface area contributed by atoms with Gasteiger partial charge in [0.25, 0.3) is 5.91 Å². The largest absolute Gasteiger partial charge is 0.465 e. The minimum atomic E-state index is -0.441. The lowest BCUT2D eigenvalue weighted by Gasteiger charge is -2.20. The van der Waals surface area contributed by atoms with E-state index < -0.39 is 5.97 Å². The zero-order valence-electron chi connectivity index (χ0n) is 18.1. The van der Waals surface area contributed by atoms with E-state index in [0.29, 0.717) is 28.7 Å². The second-order valence-electron chi connectivity index (χ2n) is 7.67. The van der Waals surface area contributed by atoms with Crippen LogP contribution in [0.4, 0.5) is 5.13 Å². The average Bonchev–Trinajstić information content (AvgIpc) is 3.26. The van der Waals surface area contributed by atoms with Gasteiger partial charge in [-0.2, -0.15) is 0 Å². The van der Waals surface area contributed by atoms with Gasteiger partial charge in [-0.1, -0.05) is 43.4 Å². The van der Waals surface area contributed by atoms with Crippen molar-refractivity contribution in [3.05, 3.63) is 89.2 Å². The van der Waals surface area contributed by atoms with E-state index in [-0.39, 0.29) is 5.91 Å². The van der Waals surface area contributed by atoms with Gasteiger partial charge in [0.1, 0.15) is 0 Å². The summed E-state index contributed by atoms with van der Waals surface area (Å²) >= 11 is 1.49. The van der Waals surface area contributed by atoms with Crippen LogP contribution in [0.15, 0.2) is 67.0 Å². The lowest BCUT2D eigenvalue weighted by molar-refractivity contribution is 0.0600. The maximum atomic E-state index is 13.6. The Morgan fingerprint density at radius 2 is 1.78 bits per heavy atom. The molecule has 7 heteroatoms. The van der Waals surface area contributed by atoms with E-state index in [4.69, 9.17) is 9.72 Å². The molecule has 2 heterocycles.